The molecule has 0 N–H and O–H groups in total. The fraction of sp³-hybridized carbons (Fsp3) is 0.167. The van der Waals surface area contributed by atoms with Crippen LogP contribution in [0.15, 0.2) is 12.3 Å². The van der Waals surface area contributed by atoms with Crippen molar-refractivity contribution in [3.05, 3.63) is 28.0 Å². The van der Waals surface area contributed by atoms with E-state index in [0.29, 0.717) is 21.6 Å². The molecule has 0 spiro atoms. The van der Waals surface area contributed by atoms with Crippen molar-refractivity contribution in [1.82, 2.24) is 4.98 Å². The van der Waals surface area contributed by atoms with Gasteiger partial charge in [0.25, 0.3) is 0 Å². The first kappa shape index (κ1) is 11.3. The summed E-state index contributed by atoms with van der Waals surface area (Å²) in [5.74, 6) is 0.291. The van der Waals surface area contributed by atoms with E-state index in [2.05, 4.69) is 4.98 Å². The van der Waals surface area contributed by atoms with E-state index < -0.39 is 0 Å². The van der Waals surface area contributed by atoms with Crippen LogP contribution in [0.1, 0.15) is 5.69 Å². The summed E-state index contributed by atoms with van der Waals surface area (Å²) >= 11 is 16.9. The standard InChI is InChI=1S/C6H4Cl3N.ClH/c7-3-5-6(9)4(8)1-2-10-5;/h1-2H,3H2;1H. The van der Waals surface area contributed by atoms with Gasteiger partial charge >= 0.3 is 0 Å². The van der Waals surface area contributed by atoms with Crippen LogP contribution in [0.25, 0.3) is 0 Å². The SMILES string of the molecule is Cl.ClCc1nccc(Cl)c1Cl. The first-order chi connectivity index (χ1) is 4.75. The molecule has 1 rings (SSSR count). The Balaban J connectivity index is 0.000001000. The molecule has 0 fully saturated rings. The van der Waals surface area contributed by atoms with E-state index >= 15 is 0 Å². The van der Waals surface area contributed by atoms with Gasteiger partial charge in [-0.25, -0.2) is 0 Å². The molecule has 0 bridgehead atoms. The highest BCUT2D eigenvalue weighted by atomic mass is 35.5. The van der Waals surface area contributed by atoms with E-state index in [4.69, 9.17) is 34.8 Å². The van der Waals surface area contributed by atoms with Gasteiger partial charge in [0, 0.05) is 6.20 Å². The summed E-state index contributed by atoms with van der Waals surface area (Å²) in [6.45, 7) is 0. The normalized spacial score (nSPS) is 9.00. The maximum Gasteiger partial charge on any atom is 0.0820 e. The molecular weight excluding hydrogens is 228 g/mol. The third kappa shape index (κ3) is 2.68. The quantitative estimate of drug-likeness (QED) is 0.675. The Labute approximate surface area is 86.1 Å². The number of halogens is 4. The second-order valence-corrected chi connectivity index (χ2v) is 2.74. The summed E-state index contributed by atoms with van der Waals surface area (Å²) in [6.07, 6.45) is 1.58. The molecule has 1 aromatic rings. The highest BCUT2D eigenvalue weighted by Gasteiger charge is 2.02. The highest BCUT2D eigenvalue weighted by Crippen LogP contribution is 2.24. The molecule has 0 radical (unpaired) electrons. The van der Waals surface area contributed by atoms with E-state index in [9.17, 15) is 0 Å². The molecule has 5 heteroatoms. The molecule has 1 aromatic heterocycles. The Hall–Kier alpha value is 0.310. The summed E-state index contributed by atoms with van der Waals surface area (Å²) in [5.41, 5.74) is 0.621. The van der Waals surface area contributed by atoms with Crippen molar-refractivity contribution in [1.29, 1.82) is 0 Å². The summed E-state index contributed by atoms with van der Waals surface area (Å²) < 4.78 is 0. The smallest absolute Gasteiger partial charge is 0.0820 e. The summed E-state index contributed by atoms with van der Waals surface area (Å²) in [6, 6.07) is 1.62. The molecule has 0 aliphatic heterocycles. The molecule has 0 saturated heterocycles. The molecule has 0 aromatic carbocycles. The van der Waals surface area contributed by atoms with Crippen LogP contribution in [-0.2, 0) is 5.88 Å². The first-order valence-corrected chi connectivity index (χ1v) is 3.89. The maximum atomic E-state index is 5.71. The Bertz CT molecular complexity index is 238. The van der Waals surface area contributed by atoms with Crippen LogP contribution < -0.4 is 0 Å². The van der Waals surface area contributed by atoms with Crippen molar-refractivity contribution in [3.8, 4) is 0 Å². The van der Waals surface area contributed by atoms with Gasteiger partial charge < -0.3 is 0 Å². The van der Waals surface area contributed by atoms with Gasteiger partial charge in [0.15, 0.2) is 0 Å². The van der Waals surface area contributed by atoms with Gasteiger partial charge in [-0.3, -0.25) is 4.98 Å². The van der Waals surface area contributed by atoms with Gasteiger partial charge in [-0.05, 0) is 6.07 Å². The number of aromatic nitrogens is 1. The van der Waals surface area contributed by atoms with Crippen molar-refractivity contribution in [2.75, 3.05) is 0 Å². The lowest BCUT2D eigenvalue weighted by Crippen LogP contribution is -1.85. The van der Waals surface area contributed by atoms with Crippen LogP contribution in [0.5, 0.6) is 0 Å². The van der Waals surface area contributed by atoms with E-state index in [1.165, 1.54) is 0 Å². The number of rotatable bonds is 1. The molecule has 0 aliphatic carbocycles. The van der Waals surface area contributed by atoms with E-state index in [-0.39, 0.29) is 12.4 Å². The van der Waals surface area contributed by atoms with E-state index in [1.807, 2.05) is 0 Å². The minimum absolute atomic E-state index is 0. The average molecular weight is 233 g/mol. The Kier molecular flexibility index (Phi) is 5.19. The Morgan fingerprint density at radius 3 is 2.45 bits per heavy atom. The van der Waals surface area contributed by atoms with E-state index in [1.54, 1.807) is 12.3 Å². The fourth-order valence-electron chi connectivity index (χ4n) is 0.554. The number of hydrogen-bond acceptors (Lipinski definition) is 1. The van der Waals surface area contributed by atoms with Crippen LogP contribution in [0, 0.1) is 0 Å². The van der Waals surface area contributed by atoms with Crippen molar-refractivity contribution in [3.63, 3.8) is 0 Å². The molecule has 0 amide bonds. The maximum absolute atomic E-state index is 5.71. The number of hydrogen-bond donors (Lipinski definition) is 0. The van der Waals surface area contributed by atoms with Gasteiger partial charge in [0.1, 0.15) is 0 Å². The lowest BCUT2D eigenvalue weighted by atomic mass is 10.4. The molecule has 1 heterocycles. The number of pyridine rings is 1. The van der Waals surface area contributed by atoms with E-state index in [0.717, 1.165) is 0 Å². The van der Waals surface area contributed by atoms with Gasteiger partial charge in [0.05, 0.1) is 21.6 Å². The molecule has 0 aliphatic rings. The van der Waals surface area contributed by atoms with Crippen molar-refractivity contribution in [2.45, 2.75) is 5.88 Å². The zero-order valence-corrected chi connectivity index (χ0v) is 8.44. The molecular formula is C6H5Cl4N. The van der Waals surface area contributed by atoms with Crippen LogP contribution in [0.3, 0.4) is 0 Å². The lowest BCUT2D eigenvalue weighted by Gasteiger charge is -1.98. The minimum atomic E-state index is 0. The fourth-order valence-corrected chi connectivity index (χ4v) is 1.17. The second-order valence-electron chi connectivity index (χ2n) is 1.69. The summed E-state index contributed by atoms with van der Waals surface area (Å²) in [7, 11) is 0. The van der Waals surface area contributed by atoms with Crippen LogP contribution in [0.4, 0.5) is 0 Å². The molecule has 0 unspecified atom stereocenters. The van der Waals surface area contributed by atoms with Gasteiger partial charge in [-0.1, -0.05) is 23.2 Å². The Morgan fingerprint density at radius 1 is 1.36 bits per heavy atom. The average Bonchev–Trinajstić information content (AvgIpc) is 1.95. The molecule has 11 heavy (non-hydrogen) atoms. The zero-order valence-electron chi connectivity index (χ0n) is 5.35. The van der Waals surface area contributed by atoms with Crippen LogP contribution >= 0.6 is 47.2 Å². The van der Waals surface area contributed by atoms with Gasteiger partial charge in [0.2, 0.25) is 0 Å². The van der Waals surface area contributed by atoms with Crippen molar-refractivity contribution in [2.24, 2.45) is 0 Å². The predicted octanol–water partition coefficient (Wildman–Crippen LogP) is 3.55. The molecule has 0 saturated carbocycles. The molecule has 62 valence electrons. The highest BCUT2D eigenvalue weighted by molar-refractivity contribution is 6.42. The van der Waals surface area contributed by atoms with Gasteiger partial charge in [-0.2, -0.15) is 0 Å². The van der Waals surface area contributed by atoms with Crippen LogP contribution in [-0.4, -0.2) is 4.98 Å². The molecule has 1 nitrogen and oxygen atoms in total. The van der Waals surface area contributed by atoms with Crippen LogP contribution in [0.2, 0.25) is 10.0 Å². The zero-order chi connectivity index (χ0) is 7.56. The predicted molar refractivity (Wildman–Crippen MR) is 51.1 cm³/mol. The third-order valence-electron chi connectivity index (χ3n) is 1.04. The summed E-state index contributed by atoms with van der Waals surface area (Å²) in [4.78, 5) is 3.91. The van der Waals surface area contributed by atoms with Crippen molar-refractivity contribution < 1.29 is 0 Å². The number of alkyl halides is 1. The lowest BCUT2D eigenvalue weighted by molar-refractivity contribution is 1.17. The summed E-state index contributed by atoms with van der Waals surface area (Å²) in [5, 5.41) is 0.937. The molecule has 0 atom stereocenters. The Morgan fingerprint density at radius 2 is 2.00 bits per heavy atom. The third-order valence-corrected chi connectivity index (χ3v) is 2.13. The second kappa shape index (κ2) is 5.04. The first-order valence-electron chi connectivity index (χ1n) is 2.60. The van der Waals surface area contributed by atoms with Crippen molar-refractivity contribution >= 4 is 47.2 Å². The monoisotopic (exact) mass is 231 g/mol. The largest absolute Gasteiger partial charge is 0.258 e. The topological polar surface area (TPSA) is 12.9 Å². The number of nitrogens with zero attached hydrogens (tertiary/aromatic N) is 1. The van der Waals surface area contributed by atoms with Gasteiger partial charge in [-0.15, -0.1) is 24.0 Å². The minimum Gasteiger partial charge on any atom is -0.258 e.